The molecule has 0 saturated heterocycles. The van der Waals surface area contributed by atoms with Gasteiger partial charge in [-0.3, -0.25) is 0 Å². The lowest BCUT2D eigenvalue weighted by atomic mass is 10.1. The number of rotatable bonds is 3. The fourth-order valence-electron chi connectivity index (χ4n) is 1.07. The Kier molecular flexibility index (Phi) is 6.24. The van der Waals surface area contributed by atoms with Crippen molar-refractivity contribution in [3.05, 3.63) is 30.1 Å². The van der Waals surface area contributed by atoms with Crippen LogP contribution in [0.3, 0.4) is 0 Å². The molecular weight excluding hydrogens is 277 g/mol. The van der Waals surface area contributed by atoms with E-state index in [1.807, 2.05) is 30.9 Å². The molecule has 0 radical (unpaired) electrons. The van der Waals surface area contributed by atoms with Crippen molar-refractivity contribution < 1.29 is 33.7 Å². The maximum absolute atomic E-state index is 9.06. The molecule has 1 N–H and O–H groups in total. The highest BCUT2D eigenvalue weighted by molar-refractivity contribution is 5.07. The van der Waals surface area contributed by atoms with E-state index >= 15 is 0 Å². The quantitative estimate of drug-likeness (QED) is 0.498. The fraction of sp³-hybridized carbons (Fsp3) is 0.500. The van der Waals surface area contributed by atoms with E-state index < -0.39 is 0 Å². The monoisotopic (exact) mass is 293 g/mol. The van der Waals surface area contributed by atoms with Gasteiger partial charge in [0.05, 0.1) is 6.10 Å². The van der Waals surface area contributed by atoms with Crippen LogP contribution in [0, 0.1) is 0 Å². The number of aromatic nitrogens is 1. The van der Waals surface area contributed by atoms with Gasteiger partial charge in [-0.05, 0) is 25.3 Å². The molecule has 1 rings (SSSR count). The molecular formula is C10H16INO. The van der Waals surface area contributed by atoms with Gasteiger partial charge in [-0.2, -0.15) is 0 Å². The summed E-state index contributed by atoms with van der Waals surface area (Å²) >= 11 is 0. The third-order valence-electron chi connectivity index (χ3n) is 1.90. The summed E-state index contributed by atoms with van der Waals surface area (Å²) in [5.41, 5.74) is 1.29. The minimum atomic E-state index is -0.195. The minimum Gasteiger partial charge on any atom is -1.00 e. The molecule has 2 nitrogen and oxygen atoms in total. The zero-order chi connectivity index (χ0) is 8.97. The van der Waals surface area contributed by atoms with Crippen LogP contribution < -0.4 is 28.5 Å². The summed E-state index contributed by atoms with van der Waals surface area (Å²) in [7, 11) is 2.00. The highest BCUT2D eigenvalue weighted by atomic mass is 127. The Morgan fingerprint density at radius 2 is 1.92 bits per heavy atom. The summed E-state index contributed by atoms with van der Waals surface area (Å²) in [4.78, 5) is 0. The van der Waals surface area contributed by atoms with Gasteiger partial charge in [-0.15, -0.1) is 0 Å². The van der Waals surface area contributed by atoms with Crippen molar-refractivity contribution in [2.45, 2.75) is 25.9 Å². The molecule has 1 aromatic rings. The Morgan fingerprint density at radius 3 is 2.38 bits per heavy atom. The van der Waals surface area contributed by atoms with Gasteiger partial charge in [0.15, 0.2) is 12.4 Å². The summed E-state index contributed by atoms with van der Waals surface area (Å²) in [5.74, 6) is 0. The lowest BCUT2D eigenvalue weighted by Gasteiger charge is -2.02. The summed E-state index contributed by atoms with van der Waals surface area (Å²) in [6.45, 7) is 1.82. The summed E-state index contributed by atoms with van der Waals surface area (Å²) in [6, 6.07) is 4.17. The first-order valence-corrected chi connectivity index (χ1v) is 4.30. The summed E-state index contributed by atoms with van der Waals surface area (Å²) < 4.78 is 2.01. The van der Waals surface area contributed by atoms with Crippen LogP contribution in [0.1, 0.15) is 18.9 Å². The Balaban J connectivity index is 0.00000144. The molecule has 74 valence electrons. The second-order valence-corrected chi connectivity index (χ2v) is 3.26. The van der Waals surface area contributed by atoms with Gasteiger partial charge in [0.2, 0.25) is 0 Å². The van der Waals surface area contributed by atoms with Crippen LogP contribution in [0.5, 0.6) is 0 Å². The number of nitrogens with zero attached hydrogens (tertiary/aromatic N) is 1. The lowest BCUT2D eigenvalue weighted by Crippen LogP contribution is -3.00. The molecule has 0 spiro atoms. The van der Waals surface area contributed by atoms with Gasteiger partial charge in [0, 0.05) is 12.1 Å². The molecule has 0 aliphatic carbocycles. The Hall–Kier alpha value is -0.160. The largest absolute Gasteiger partial charge is 1.00 e. The number of aryl methyl sites for hydroxylation is 2. The molecule has 0 aliphatic heterocycles. The average Bonchev–Trinajstić information content (AvgIpc) is 2.03. The van der Waals surface area contributed by atoms with Crippen LogP contribution in [0.15, 0.2) is 24.5 Å². The van der Waals surface area contributed by atoms with Gasteiger partial charge in [-0.1, -0.05) is 0 Å². The summed E-state index contributed by atoms with van der Waals surface area (Å²) in [6.07, 6.45) is 5.65. The zero-order valence-corrected chi connectivity index (χ0v) is 10.2. The summed E-state index contributed by atoms with van der Waals surface area (Å²) in [5, 5.41) is 9.06. The molecule has 0 amide bonds. The van der Waals surface area contributed by atoms with E-state index in [2.05, 4.69) is 12.1 Å². The standard InChI is InChI=1S/C10H16NO.HI/c1-9(12)3-4-10-5-7-11(2)8-6-10;/h5-9,12H,3-4H2,1-2H3;1H/q+1;/p-1. The first-order valence-electron chi connectivity index (χ1n) is 4.30. The van der Waals surface area contributed by atoms with Crippen molar-refractivity contribution in [3.8, 4) is 0 Å². The number of halogens is 1. The van der Waals surface area contributed by atoms with Crippen LogP contribution >= 0.6 is 0 Å². The number of aliphatic hydroxyl groups excluding tert-OH is 1. The Labute approximate surface area is 96.6 Å². The Bertz CT molecular complexity index is 233. The van der Waals surface area contributed by atoms with Crippen molar-refractivity contribution in [1.82, 2.24) is 0 Å². The fourth-order valence-corrected chi connectivity index (χ4v) is 1.07. The van der Waals surface area contributed by atoms with Crippen LogP contribution in [0.2, 0.25) is 0 Å². The molecule has 13 heavy (non-hydrogen) atoms. The first kappa shape index (κ1) is 12.8. The molecule has 3 heteroatoms. The van der Waals surface area contributed by atoms with Crippen molar-refractivity contribution in [3.63, 3.8) is 0 Å². The van der Waals surface area contributed by atoms with Gasteiger partial charge < -0.3 is 29.1 Å². The van der Waals surface area contributed by atoms with E-state index in [1.54, 1.807) is 0 Å². The molecule has 0 aromatic carbocycles. The smallest absolute Gasteiger partial charge is 0.168 e. The Morgan fingerprint density at radius 1 is 1.38 bits per heavy atom. The van der Waals surface area contributed by atoms with Gasteiger partial charge >= 0.3 is 0 Å². The topological polar surface area (TPSA) is 24.1 Å². The van der Waals surface area contributed by atoms with E-state index in [9.17, 15) is 0 Å². The average molecular weight is 293 g/mol. The van der Waals surface area contributed by atoms with Gasteiger partial charge in [-0.25, -0.2) is 4.57 Å². The molecule has 1 heterocycles. The predicted molar refractivity (Wildman–Crippen MR) is 47.6 cm³/mol. The molecule has 1 unspecified atom stereocenters. The molecule has 1 aromatic heterocycles. The van der Waals surface area contributed by atoms with Crippen molar-refractivity contribution in [2.75, 3.05) is 0 Å². The van der Waals surface area contributed by atoms with E-state index in [0.717, 1.165) is 12.8 Å². The highest BCUT2D eigenvalue weighted by Crippen LogP contribution is 2.02. The van der Waals surface area contributed by atoms with Crippen molar-refractivity contribution in [2.24, 2.45) is 7.05 Å². The minimum absolute atomic E-state index is 0. The number of hydrogen-bond acceptors (Lipinski definition) is 1. The van der Waals surface area contributed by atoms with Crippen LogP contribution in [0.4, 0.5) is 0 Å². The first-order chi connectivity index (χ1) is 5.68. The molecule has 0 aliphatic rings. The van der Waals surface area contributed by atoms with Crippen molar-refractivity contribution >= 4 is 0 Å². The molecule has 1 atom stereocenters. The molecule has 0 saturated carbocycles. The van der Waals surface area contributed by atoms with Crippen LogP contribution in [-0.4, -0.2) is 11.2 Å². The molecule has 0 fully saturated rings. The number of pyridine rings is 1. The third kappa shape index (κ3) is 5.21. The van der Waals surface area contributed by atoms with E-state index in [-0.39, 0.29) is 30.1 Å². The van der Waals surface area contributed by atoms with Gasteiger partial charge in [0.1, 0.15) is 7.05 Å². The van der Waals surface area contributed by atoms with Crippen LogP contribution in [-0.2, 0) is 13.5 Å². The second-order valence-electron chi connectivity index (χ2n) is 3.26. The SMILES string of the molecule is CC(O)CCc1cc[n+](C)cc1.[I-]. The van der Waals surface area contributed by atoms with E-state index in [1.165, 1.54) is 5.56 Å². The van der Waals surface area contributed by atoms with Crippen molar-refractivity contribution in [1.29, 1.82) is 0 Å². The zero-order valence-electron chi connectivity index (χ0n) is 8.07. The predicted octanol–water partition coefficient (Wildman–Crippen LogP) is -2.17. The molecule has 0 bridgehead atoms. The maximum Gasteiger partial charge on any atom is 0.168 e. The lowest BCUT2D eigenvalue weighted by molar-refractivity contribution is -0.671. The van der Waals surface area contributed by atoms with Crippen LogP contribution in [0.25, 0.3) is 0 Å². The number of aliphatic hydroxyl groups is 1. The van der Waals surface area contributed by atoms with E-state index in [4.69, 9.17) is 5.11 Å². The third-order valence-corrected chi connectivity index (χ3v) is 1.90. The highest BCUT2D eigenvalue weighted by Gasteiger charge is 1.98. The number of hydrogen-bond donors (Lipinski definition) is 1. The van der Waals surface area contributed by atoms with E-state index in [0.29, 0.717) is 0 Å². The maximum atomic E-state index is 9.06. The second kappa shape index (κ2) is 6.32. The normalized spacial score (nSPS) is 11.9. The van der Waals surface area contributed by atoms with Gasteiger partial charge in [0.25, 0.3) is 0 Å².